The van der Waals surface area contributed by atoms with Crippen LogP contribution >= 0.6 is 0 Å². The Labute approximate surface area is 89.5 Å². The van der Waals surface area contributed by atoms with Crippen molar-refractivity contribution in [1.82, 2.24) is 5.32 Å². The summed E-state index contributed by atoms with van der Waals surface area (Å²) in [6.07, 6.45) is 6.49. The molecule has 2 rings (SSSR count). The molecule has 0 saturated heterocycles. The van der Waals surface area contributed by atoms with E-state index in [9.17, 15) is 4.79 Å². The van der Waals surface area contributed by atoms with Gasteiger partial charge in [0.05, 0.1) is 12.5 Å². The van der Waals surface area contributed by atoms with Gasteiger partial charge in [-0.2, -0.15) is 0 Å². The van der Waals surface area contributed by atoms with Gasteiger partial charge in [-0.25, -0.2) is 0 Å². The average molecular weight is 210 g/mol. The minimum absolute atomic E-state index is 0.0138. The highest BCUT2D eigenvalue weighted by Crippen LogP contribution is 2.44. The topological polar surface area (TPSA) is 75.4 Å². The minimum atomic E-state index is -0.0745. The standard InChI is InChI=1S/C11H18N2O2/c12-9-2-1-8(5-9)10(15)13-6-11(7-14)3-4-11/h1-2,8-9,14H,3-7,12H2,(H,13,15). The first-order chi connectivity index (χ1) is 7.15. The monoisotopic (exact) mass is 210 g/mol. The number of aliphatic hydroxyl groups excluding tert-OH is 1. The van der Waals surface area contributed by atoms with Crippen molar-refractivity contribution >= 4 is 5.91 Å². The van der Waals surface area contributed by atoms with E-state index < -0.39 is 0 Å². The molecule has 84 valence electrons. The minimum Gasteiger partial charge on any atom is -0.396 e. The summed E-state index contributed by atoms with van der Waals surface area (Å²) in [5.41, 5.74) is 5.66. The molecule has 1 fully saturated rings. The van der Waals surface area contributed by atoms with Crippen LogP contribution in [0, 0.1) is 11.3 Å². The highest BCUT2D eigenvalue weighted by atomic mass is 16.3. The van der Waals surface area contributed by atoms with Crippen LogP contribution in [0.15, 0.2) is 12.2 Å². The van der Waals surface area contributed by atoms with Crippen LogP contribution in [0.1, 0.15) is 19.3 Å². The van der Waals surface area contributed by atoms with Crippen molar-refractivity contribution in [2.45, 2.75) is 25.3 Å². The Balaban J connectivity index is 1.76. The van der Waals surface area contributed by atoms with E-state index >= 15 is 0 Å². The van der Waals surface area contributed by atoms with Crippen molar-refractivity contribution in [3.8, 4) is 0 Å². The van der Waals surface area contributed by atoms with Crippen molar-refractivity contribution in [3.63, 3.8) is 0 Å². The SMILES string of the molecule is NC1C=CC(C(=O)NCC2(CO)CC2)C1. The molecule has 0 heterocycles. The van der Waals surface area contributed by atoms with E-state index in [1.807, 2.05) is 12.2 Å². The van der Waals surface area contributed by atoms with Gasteiger partial charge in [0.1, 0.15) is 0 Å². The number of carbonyl (C=O) groups excluding carboxylic acids is 1. The number of hydrogen-bond donors (Lipinski definition) is 3. The van der Waals surface area contributed by atoms with Gasteiger partial charge in [-0.1, -0.05) is 12.2 Å². The average Bonchev–Trinajstić information content (AvgIpc) is 2.90. The third kappa shape index (κ3) is 2.38. The number of nitrogens with two attached hydrogens (primary N) is 1. The smallest absolute Gasteiger partial charge is 0.227 e. The lowest BCUT2D eigenvalue weighted by Crippen LogP contribution is -2.36. The summed E-state index contributed by atoms with van der Waals surface area (Å²) >= 11 is 0. The summed E-state index contributed by atoms with van der Waals surface area (Å²) in [5, 5.41) is 12.0. The van der Waals surface area contributed by atoms with Crippen LogP contribution in [-0.4, -0.2) is 30.2 Å². The van der Waals surface area contributed by atoms with E-state index in [1.165, 1.54) is 0 Å². The summed E-state index contributed by atoms with van der Waals surface area (Å²) in [4.78, 5) is 11.7. The number of carbonyl (C=O) groups is 1. The molecule has 4 heteroatoms. The van der Waals surface area contributed by atoms with Crippen LogP contribution in [0.25, 0.3) is 0 Å². The number of aliphatic hydroxyl groups is 1. The van der Waals surface area contributed by atoms with E-state index in [2.05, 4.69) is 5.32 Å². The molecule has 15 heavy (non-hydrogen) atoms. The second-order valence-electron chi connectivity index (χ2n) is 4.77. The number of rotatable bonds is 4. The van der Waals surface area contributed by atoms with Crippen LogP contribution in [0.5, 0.6) is 0 Å². The molecule has 0 aromatic carbocycles. The van der Waals surface area contributed by atoms with Gasteiger partial charge in [0.25, 0.3) is 0 Å². The Hall–Kier alpha value is -0.870. The summed E-state index contributed by atoms with van der Waals surface area (Å²) in [5.74, 6) is -0.0339. The third-order valence-corrected chi connectivity index (χ3v) is 3.38. The van der Waals surface area contributed by atoms with Crippen LogP contribution in [0.3, 0.4) is 0 Å². The zero-order valence-corrected chi connectivity index (χ0v) is 8.78. The molecule has 0 spiro atoms. The normalized spacial score (nSPS) is 31.6. The first kappa shape index (κ1) is 10.6. The predicted octanol–water partition coefficient (Wildman–Crippen LogP) is -0.222. The lowest BCUT2D eigenvalue weighted by Gasteiger charge is -2.15. The first-order valence-corrected chi connectivity index (χ1v) is 5.48. The second-order valence-corrected chi connectivity index (χ2v) is 4.77. The molecule has 2 atom stereocenters. The first-order valence-electron chi connectivity index (χ1n) is 5.48. The third-order valence-electron chi connectivity index (χ3n) is 3.38. The molecule has 4 N–H and O–H groups in total. The largest absolute Gasteiger partial charge is 0.396 e. The van der Waals surface area contributed by atoms with Crippen molar-refractivity contribution in [2.24, 2.45) is 17.1 Å². The zero-order valence-electron chi connectivity index (χ0n) is 8.78. The van der Waals surface area contributed by atoms with Crippen molar-refractivity contribution in [2.75, 3.05) is 13.2 Å². The van der Waals surface area contributed by atoms with Crippen molar-refractivity contribution in [1.29, 1.82) is 0 Å². The fourth-order valence-corrected chi connectivity index (χ4v) is 1.89. The summed E-state index contributed by atoms with van der Waals surface area (Å²) in [7, 11) is 0. The quantitative estimate of drug-likeness (QED) is 0.561. The Kier molecular flexibility index (Phi) is 2.80. The molecule has 2 aliphatic carbocycles. The fraction of sp³-hybridized carbons (Fsp3) is 0.727. The maximum Gasteiger partial charge on any atom is 0.227 e. The molecule has 0 radical (unpaired) electrons. The lowest BCUT2D eigenvalue weighted by atomic mass is 10.1. The van der Waals surface area contributed by atoms with Crippen LogP contribution in [0.4, 0.5) is 0 Å². The Morgan fingerprint density at radius 1 is 1.53 bits per heavy atom. The van der Waals surface area contributed by atoms with E-state index in [0.717, 1.165) is 12.8 Å². The highest BCUT2D eigenvalue weighted by molar-refractivity contribution is 5.81. The maximum atomic E-state index is 11.7. The van der Waals surface area contributed by atoms with Gasteiger partial charge in [-0.05, 0) is 19.3 Å². The second kappa shape index (κ2) is 3.94. The van der Waals surface area contributed by atoms with Crippen molar-refractivity contribution < 1.29 is 9.90 Å². The van der Waals surface area contributed by atoms with E-state index in [4.69, 9.17) is 10.8 Å². The predicted molar refractivity (Wildman–Crippen MR) is 57.0 cm³/mol. The van der Waals surface area contributed by atoms with E-state index in [1.54, 1.807) is 0 Å². The molecular weight excluding hydrogens is 192 g/mol. The highest BCUT2D eigenvalue weighted by Gasteiger charge is 2.42. The molecule has 0 aromatic rings. The summed E-state index contributed by atoms with van der Waals surface area (Å²) < 4.78 is 0. The van der Waals surface area contributed by atoms with Gasteiger partial charge < -0.3 is 16.2 Å². The number of amides is 1. The molecule has 0 aromatic heterocycles. The van der Waals surface area contributed by atoms with Crippen molar-refractivity contribution in [3.05, 3.63) is 12.2 Å². The summed E-state index contributed by atoms with van der Waals surface area (Å²) in [6, 6.07) is 0.0217. The molecule has 0 aliphatic heterocycles. The number of hydrogen-bond acceptors (Lipinski definition) is 3. The van der Waals surface area contributed by atoms with Gasteiger partial charge >= 0.3 is 0 Å². The lowest BCUT2D eigenvalue weighted by molar-refractivity contribution is -0.123. The van der Waals surface area contributed by atoms with Gasteiger partial charge in [0.2, 0.25) is 5.91 Å². The van der Waals surface area contributed by atoms with Gasteiger partial charge in [-0.15, -0.1) is 0 Å². The molecule has 2 aliphatic rings. The summed E-state index contributed by atoms with van der Waals surface area (Å²) in [6.45, 7) is 0.773. The zero-order chi connectivity index (χ0) is 10.9. The number of nitrogens with one attached hydrogen (secondary N) is 1. The molecular formula is C11H18N2O2. The van der Waals surface area contributed by atoms with Crippen LogP contribution in [0.2, 0.25) is 0 Å². The Morgan fingerprint density at radius 3 is 2.73 bits per heavy atom. The molecule has 0 bridgehead atoms. The fourth-order valence-electron chi connectivity index (χ4n) is 1.89. The van der Waals surface area contributed by atoms with Crippen LogP contribution < -0.4 is 11.1 Å². The molecule has 1 saturated carbocycles. The Morgan fingerprint density at radius 2 is 2.27 bits per heavy atom. The van der Waals surface area contributed by atoms with E-state index in [0.29, 0.717) is 13.0 Å². The van der Waals surface area contributed by atoms with E-state index in [-0.39, 0.29) is 29.9 Å². The van der Waals surface area contributed by atoms with Crippen LogP contribution in [-0.2, 0) is 4.79 Å². The van der Waals surface area contributed by atoms with Gasteiger partial charge in [0, 0.05) is 18.0 Å². The van der Waals surface area contributed by atoms with Gasteiger partial charge in [-0.3, -0.25) is 4.79 Å². The molecule has 1 amide bonds. The Bertz CT molecular complexity index is 284. The maximum absolute atomic E-state index is 11.7. The molecule has 2 unspecified atom stereocenters. The molecule has 4 nitrogen and oxygen atoms in total. The van der Waals surface area contributed by atoms with Gasteiger partial charge in [0.15, 0.2) is 0 Å².